The SMILES string of the molecule is Nc1nccnc1C(=O)NCc1ccc(N2CCCCC2)nc1. The predicted molar refractivity (Wildman–Crippen MR) is 87.9 cm³/mol. The van der Waals surface area contributed by atoms with Crippen LogP contribution in [0.5, 0.6) is 0 Å². The second-order valence-electron chi connectivity index (χ2n) is 5.55. The Morgan fingerprint density at radius 3 is 2.61 bits per heavy atom. The molecule has 2 aromatic rings. The van der Waals surface area contributed by atoms with Crippen LogP contribution in [0.4, 0.5) is 11.6 Å². The molecule has 23 heavy (non-hydrogen) atoms. The molecule has 3 rings (SSSR count). The van der Waals surface area contributed by atoms with E-state index in [-0.39, 0.29) is 17.4 Å². The number of aromatic nitrogens is 3. The van der Waals surface area contributed by atoms with E-state index in [1.54, 1.807) is 6.20 Å². The molecular weight excluding hydrogens is 292 g/mol. The molecule has 2 aromatic heterocycles. The van der Waals surface area contributed by atoms with Gasteiger partial charge in [0.2, 0.25) is 0 Å². The van der Waals surface area contributed by atoms with Crippen molar-refractivity contribution in [2.75, 3.05) is 23.7 Å². The highest BCUT2D eigenvalue weighted by molar-refractivity contribution is 5.96. The molecule has 1 fully saturated rings. The summed E-state index contributed by atoms with van der Waals surface area (Å²) in [5, 5.41) is 2.78. The van der Waals surface area contributed by atoms with Gasteiger partial charge in [0, 0.05) is 38.2 Å². The molecule has 1 saturated heterocycles. The third kappa shape index (κ3) is 3.74. The average molecular weight is 312 g/mol. The third-order valence-corrected chi connectivity index (χ3v) is 3.88. The largest absolute Gasteiger partial charge is 0.382 e. The Kier molecular flexibility index (Phi) is 4.65. The summed E-state index contributed by atoms with van der Waals surface area (Å²) in [7, 11) is 0. The van der Waals surface area contributed by atoms with Gasteiger partial charge in [-0.3, -0.25) is 4.79 Å². The van der Waals surface area contributed by atoms with Gasteiger partial charge in [0.25, 0.3) is 5.91 Å². The standard InChI is InChI=1S/C16H20N6O/c17-15-14(18-6-7-19-15)16(23)21-11-12-4-5-13(20-10-12)22-8-2-1-3-9-22/h4-7,10H,1-3,8-9,11H2,(H2,17,19)(H,21,23). The van der Waals surface area contributed by atoms with Crippen molar-refractivity contribution in [3.05, 3.63) is 42.0 Å². The van der Waals surface area contributed by atoms with Crippen molar-refractivity contribution in [2.45, 2.75) is 25.8 Å². The predicted octanol–water partition coefficient (Wildman–Crippen LogP) is 1.37. The number of piperidine rings is 1. The number of amides is 1. The lowest BCUT2D eigenvalue weighted by atomic mass is 10.1. The van der Waals surface area contributed by atoms with Crippen LogP contribution in [0.2, 0.25) is 0 Å². The van der Waals surface area contributed by atoms with E-state index >= 15 is 0 Å². The molecule has 7 heteroatoms. The van der Waals surface area contributed by atoms with Gasteiger partial charge in [-0.05, 0) is 30.9 Å². The smallest absolute Gasteiger partial charge is 0.273 e. The Morgan fingerprint density at radius 1 is 1.13 bits per heavy atom. The number of hydrogen-bond acceptors (Lipinski definition) is 6. The van der Waals surface area contributed by atoms with Gasteiger partial charge in [-0.2, -0.15) is 0 Å². The number of carbonyl (C=O) groups excluding carboxylic acids is 1. The minimum Gasteiger partial charge on any atom is -0.382 e. The molecule has 1 amide bonds. The molecule has 0 bridgehead atoms. The highest BCUT2D eigenvalue weighted by atomic mass is 16.1. The zero-order valence-corrected chi connectivity index (χ0v) is 12.9. The number of carbonyl (C=O) groups is 1. The third-order valence-electron chi connectivity index (χ3n) is 3.88. The maximum atomic E-state index is 12.0. The summed E-state index contributed by atoms with van der Waals surface area (Å²) < 4.78 is 0. The van der Waals surface area contributed by atoms with Gasteiger partial charge in [-0.1, -0.05) is 6.07 Å². The van der Waals surface area contributed by atoms with Gasteiger partial charge in [0.15, 0.2) is 11.5 Å². The van der Waals surface area contributed by atoms with Gasteiger partial charge in [0.05, 0.1) is 0 Å². The molecule has 1 aliphatic rings. The number of nitrogens with two attached hydrogens (primary N) is 1. The summed E-state index contributed by atoms with van der Waals surface area (Å²) in [6.07, 6.45) is 8.43. The lowest BCUT2D eigenvalue weighted by molar-refractivity contribution is 0.0946. The molecule has 0 radical (unpaired) electrons. The van der Waals surface area contributed by atoms with Crippen LogP contribution in [-0.2, 0) is 6.54 Å². The van der Waals surface area contributed by atoms with Crippen LogP contribution >= 0.6 is 0 Å². The van der Waals surface area contributed by atoms with Gasteiger partial charge in [0.1, 0.15) is 5.82 Å². The highest BCUT2D eigenvalue weighted by Gasteiger charge is 2.13. The van der Waals surface area contributed by atoms with Crippen LogP contribution in [0.3, 0.4) is 0 Å². The first-order valence-corrected chi connectivity index (χ1v) is 7.78. The summed E-state index contributed by atoms with van der Waals surface area (Å²) in [5.74, 6) is 0.789. The summed E-state index contributed by atoms with van der Waals surface area (Å²) in [5.41, 5.74) is 6.72. The van der Waals surface area contributed by atoms with Crippen LogP contribution in [0.25, 0.3) is 0 Å². The van der Waals surface area contributed by atoms with E-state index in [2.05, 4.69) is 25.2 Å². The number of nitrogen functional groups attached to an aromatic ring is 1. The molecular formula is C16H20N6O. The molecule has 3 N–H and O–H groups in total. The van der Waals surface area contributed by atoms with Crippen molar-refractivity contribution < 1.29 is 4.79 Å². The molecule has 0 aromatic carbocycles. The van der Waals surface area contributed by atoms with E-state index in [1.165, 1.54) is 31.7 Å². The first kappa shape index (κ1) is 15.2. The number of pyridine rings is 1. The Balaban J connectivity index is 1.58. The minimum absolute atomic E-state index is 0.128. The Hall–Kier alpha value is -2.70. The molecule has 0 saturated carbocycles. The molecule has 0 atom stereocenters. The second-order valence-corrected chi connectivity index (χ2v) is 5.55. The fourth-order valence-corrected chi connectivity index (χ4v) is 2.62. The normalized spacial score (nSPS) is 14.5. The summed E-state index contributed by atoms with van der Waals surface area (Å²) in [4.78, 5) is 26.6. The van der Waals surface area contributed by atoms with E-state index in [9.17, 15) is 4.79 Å². The minimum atomic E-state index is -0.337. The van der Waals surface area contributed by atoms with Crippen molar-refractivity contribution in [3.8, 4) is 0 Å². The topological polar surface area (TPSA) is 97.0 Å². The van der Waals surface area contributed by atoms with E-state index in [0.29, 0.717) is 6.54 Å². The van der Waals surface area contributed by atoms with Crippen molar-refractivity contribution in [3.63, 3.8) is 0 Å². The van der Waals surface area contributed by atoms with Crippen LogP contribution in [-0.4, -0.2) is 33.9 Å². The molecule has 0 unspecified atom stereocenters. The molecule has 3 heterocycles. The fourth-order valence-electron chi connectivity index (χ4n) is 2.62. The van der Waals surface area contributed by atoms with Crippen molar-refractivity contribution in [2.24, 2.45) is 0 Å². The monoisotopic (exact) mass is 312 g/mol. The number of anilines is 2. The summed E-state index contributed by atoms with van der Waals surface area (Å²) >= 11 is 0. The van der Waals surface area contributed by atoms with Gasteiger partial charge < -0.3 is 16.0 Å². The van der Waals surface area contributed by atoms with Crippen LogP contribution in [0, 0.1) is 0 Å². The van der Waals surface area contributed by atoms with Crippen molar-refractivity contribution in [1.29, 1.82) is 0 Å². The van der Waals surface area contributed by atoms with Crippen molar-refractivity contribution >= 4 is 17.5 Å². The lowest BCUT2D eigenvalue weighted by Crippen LogP contribution is -2.30. The first-order chi connectivity index (χ1) is 11.2. The van der Waals surface area contributed by atoms with Crippen molar-refractivity contribution in [1.82, 2.24) is 20.3 Å². The zero-order chi connectivity index (χ0) is 16.1. The number of hydrogen-bond donors (Lipinski definition) is 2. The molecule has 0 aliphatic carbocycles. The number of nitrogens with one attached hydrogen (secondary N) is 1. The van der Waals surface area contributed by atoms with Gasteiger partial charge in [-0.15, -0.1) is 0 Å². The molecule has 1 aliphatic heterocycles. The Morgan fingerprint density at radius 2 is 1.91 bits per heavy atom. The maximum absolute atomic E-state index is 12.0. The Bertz CT molecular complexity index is 667. The molecule has 120 valence electrons. The lowest BCUT2D eigenvalue weighted by Gasteiger charge is -2.27. The van der Waals surface area contributed by atoms with E-state index in [0.717, 1.165) is 24.5 Å². The van der Waals surface area contributed by atoms with E-state index < -0.39 is 0 Å². The van der Waals surface area contributed by atoms with Gasteiger partial charge in [-0.25, -0.2) is 15.0 Å². The molecule has 7 nitrogen and oxygen atoms in total. The van der Waals surface area contributed by atoms with Crippen LogP contribution < -0.4 is 16.0 Å². The van der Waals surface area contributed by atoms with Crippen LogP contribution in [0.1, 0.15) is 35.3 Å². The second kappa shape index (κ2) is 7.04. The zero-order valence-electron chi connectivity index (χ0n) is 12.9. The number of rotatable bonds is 4. The highest BCUT2D eigenvalue weighted by Crippen LogP contribution is 2.17. The quantitative estimate of drug-likeness (QED) is 0.885. The van der Waals surface area contributed by atoms with E-state index in [1.807, 2.05) is 12.1 Å². The van der Waals surface area contributed by atoms with Crippen LogP contribution in [0.15, 0.2) is 30.7 Å². The Labute approximate surface area is 135 Å². The molecule has 0 spiro atoms. The summed E-state index contributed by atoms with van der Waals surface area (Å²) in [6, 6.07) is 3.99. The maximum Gasteiger partial charge on any atom is 0.273 e. The fraction of sp³-hybridized carbons (Fsp3) is 0.375. The average Bonchev–Trinajstić information content (AvgIpc) is 2.61. The van der Waals surface area contributed by atoms with Gasteiger partial charge >= 0.3 is 0 Å². The first-order valence-electron chi connectivity index (χ1n) is 7.78. The number of nitrogens with zero attached hydrogens (tertiary/aromatic N) is 4. The van der Waals surface area contributed by atoms with E-state index in [4.69, 9.17) is 5.73 Å². The summed E-state index contributed by atoms with van der Waals surface area (Å²) in [6.45, 7) is 2.51.